The standard InChI is InChI=1S/C15H22N2O4S/c1-21-11-12-6-3-4-8-14(12)15(18)17-9-5-7-13(10-17)16-22(2,19)20/h3-4,6,8,13,16H,5,7,9-11H2,1-2H3/t13-/m1/s1. The summed E-state index contributed by atoms with van der Waals surface area (Å²) >= 11 is 0. The van der Waals surface area contributed by atoms with E-state index in [0.717, 1.165) is 24.7 Å². The molecule has 0 bridgehead atoms. The summed E-state index contributed by atoms with van der Waals surface area (Å²) in [5, 5.41) is 0. The van der Waals surface area contributed by atoms with Gasteiger partial charge >= 0.3 is 0 Å². The maximum Gasteiger partial charge on any atom is 0.254 e. The molecule has 0 spiro atoms. The molecule has 1 aromatic carbocycles. The summed E-state index contributed by atoms with van der Waals surface area (Å²) < 4.78 is 30.4. The maximum atomic E-state index is 12.7. The van der Waals surface area contributed by atoms with Gasteiger partial charge in [-0.2, -0.15) is 0 Å². The second-order valence-electron chi connectivity index (χ2n) is 5.57. The molecule has 0 radical (unpaired) electrons. The molecule has 1 atom stereocenters. The number of methoxy groups -OCH3 is 1. The zero-order chi connectivity index (χ0) is 16.2. The van der Waals surface area contributed by atoms with Crippen molar-refractivity contribution in [2.75, 3.05) is 26.5 Å². The van der Waals surface area contributed by atoms with Crippen LogP contribution in [0.2, 0.25) is 0 Å². The highest BCUT2D eigenvalue weighted by molar-refractivity contribution is 7.88. The molecule has 2 rings (SSSR count). The number of ether oxygens (including phenoxy) is 1. The van der Waals surface area contributed by atoms with Gasteiger partial charge < -0.3 is 9.64 Å². The van der Waals surface area contributed by atoms with Crippen molar-refractivity contribution in [3.8, 4) is 0 Å². The van der Waals surface area contributed by atoms with Crippen LogP contribution in [0.15, 0.2) is 24.3 Å². The number of nitrogens with zero attached hydrogens (tertiary/aromatic N) is 1. The summed E-state index contributed by atoms with van der Waals surface area (Å²) in [5.74, 6) is -0.0762. The molecule has 1 heterocycles. The largest absolute Gasteiger partial charge is 0.380 e. The number of likely N-dealkylation sites (tertiary alicyclic amines) is 1. The molecule has 1 N–H and O–H groups in total. The molecule has 1 aromatic rings. The number of hydrogen-bond donors (Lipinski definition) is 1. The van der Waals surface area contributed by atoms with Crippen molar-refractivity contribution in [2.45, 2.75) is 25.5 Å². The topological polar surface area (TPSA) is 75.7 Å². The van der Waals surface area contributed by atoms with E-state index in [9.17, 15) is 13.2 Å². The molecular weight excluding hydrogens is 304 g/mol. The Morgan fingerprint density at radius 1 is 1.41 bits per heavy atom. The van der Waals surface area contributed by atoms with E-state index in [4.69, 9.17) is 4.74 Å². The lowest BCUT2D eigenvalue weighted by atomic mass is 10.0. The summed E-state index contributed by atoms with van der Waals surface area (Å²) in [7, 11) is -1.67. The molecule has 1 saturated heterocycles. The van der Waals surface area contributed by atoms with E-state index in [2.05, 4.69) is 4.72 Å². The summed E-state index contributed by atoms with van der Waals surface area (Å²) in [6, 6.07) is 7.12. The Morgan fingerprint density at radius 3 is 2.82 bits per heavy atom. The van der Waals surface area contributed by atoms with Crippen LogP contribution in [-0.2, 0) is 21.4 Å². The first-order valence-electron chi connectivity index (χ1n) is 7.24. The predicted molar refractivity (Wildman–Crippen MR) is 84.1 cm³/mol. The van der Waals surface area contributed by atoms with E-state index in [1.54, 1.807) is 18.1 Å². The number of piperidine rings is 1. The van der Waals surface area contributed by atoms with Crippen molar-refractivity contribution in [1.82, 2.24) is 9.62 Å². The summed E-state index contributed by atoms with van der Waals surface area (Å²) in [5.41, 5.74) is 1.46. The quantitative estimate of drug-likeness (QED) is 0.875. The lowest BCUT2D eigenvalue weighted by Crippen LogP contribution is -2.49. The molecule has 22 heavy (non-hydrogen) atoms. The van der Waals surface area contributed by atoms with Crippen LogP contribution in [0.1, 0.15) is 28.8 Å². The van der Waals surface area contributed by atoms with Crippen LogP contribution in [0.3, 0.4) is 0 Å². The van der Waals surface area contributed by atoms with Crippen LogP contribution >= 0.6 is 0 Å². The Balaban J connectivity index is 2.12. The van der Waals surface area contributed by atoms with Gasteiger partial charge in [0.05, 0.1) is 12.9 Å². The van der Waals surface area contributed by atoms with Crippen molar-refractivity contribution < 1.29 is 17.9 Å². The van der Waals surface area contributed by atoms with E-state index in [-0.39, 0.29) is 11.9 Å². The zero-order valence-corrected chi connectivity index (χ0v) is 13.7. The molecule has 0 aliphatic carbocycles. The maximum absolute atomic E-state index is 12.7. The number of nitrogens with one attached hydrogen (secondary N) is 1. The van der Waals surface area contributed by atoms with E-state index in [0.29, 0.717) is 25.3 Å². The fourth-order valence-corrected chi connectivity index (χ4v) is 3.54. The first-order chi connectivity index (χ1) is 10.4. The molecule has 0 unspecified atom stereocenters. The highest BCUT2D eigenvalue weighted by atomic mass is 32.2. The Labute approximate surface area is 131 Å². The molecule has 0 saturated carbocycles. The predicted octanol–water partition coefficient (Wildman–Crippen LogP) is 0.987. The average molecular weight is 326 g/mol. The monoisotopic (exact) mass is 326 g/mol. The molecule has 6 nitrogen and oxygen atoms in total. The Morgan fingerprint density at radius 2 is 2.14 bits per heavy atom. The Hall–Kier alpha value is -1.44. The van der Waals surface area contributed by atoms with Gasteiger partial charge in [0.25, 0.3) is 5.91 Å². The third-order valence-corrected chi connectivity index (χ3v) is 4.40. The van der Waals surface area contributed by atoms with Crippen LogP contribution < -0.4 is 4.72 Å². The molecule has 7 heteroatoms. The second kappa shape index (κ2) is 7.21. The zero-order valence-electron chi connectivity index (χ0n) is 12.9. The summed E-state index contributed by atoms with van der Waals surface area (Å²) in [4.78, 5) is 14.4. The number of carbonyl (C=O) groups is 1. The highest BCUT2D eigenvalue weighted by Crippen LogP contribution is 2.17. The smallest absolute Gasteiger partial charge is 0.254 e. The third-order valence-electron chi connectivity index (χ3n) is 3.64. The van der Waals surface area contributed by atoms with E-state index in [1.807, 2.05) is 18.2 Å². The normalized spacial score (nSPS) is 19.2. The fraction of sp³-hybridized carbons (Fsp3) is 0.533. The minimum absolute atomic E-state index is 0.0762. The summed E-state index contributed by atoms with van der Waals surface area (Å²) in [6.07, 6.45) is 2.67. The highest BCUT2D eigenvalue weighted by Gasteiger charge is 2.27. The molecule has 1 fully saturated rings. The number of rotatable bonds is 5. The van der Waals surface area contributed by atoms with Gasteiger partial charge in [-0.15, -0.1) is 0 Å². The summed E-state index contributed by atoms with van der Waals surface area (Å²) in [6.45, 7) is 1.41. The number of hydrogen-bond acceptors (Lipinski definition) is 4. The van der Waals surface area contributed by atoms with E-state index in [1.165, 1.54) is 0 Å². The van der Waals surface area contributed by atoms with Crippen molar-refractivity contribution in [2.24, 2.45) is 0 Å². The SMILES string of the molecule is COCc1ccccc1C(=O)N1CCC[C@@H](NS(C)(=O)=O)C1. The molecule has 0 aromatic heterocycles. The van der Waals surface area contributed by atoms with Crippen molar-refractivity contribution >= 4 is 15.9 Å². The average Bonchev–Trinajstić information content (AvgIpc) is 2.46. The van der Waals surface area contributed by atoms with Crippen molar-refractivity contribution in [1.29, 1.82) is 0 Å². The lowest BCUT2D eigenvalue weighted by Gasteiger charge is -2.33. The van der Waals surface area contributed by atoms with Gasteiger partial charge in [-0.3, -0.25) is 4.79 Å². The number of sulfonamides is 1. The van der Waals surface area contributed by atoms with Crippen LogP contribution in [0.5, 0.6) is 0 Å². The van der Waals surface area contributed by atoms with Gasteiger partial charge in [0.15, 0.2) is 0 Å². The lowest BCUT2D eigenvalue weighted by molar-refractivity contribution is 0.0698. The Kier molecular flexibility index (Phi) is 5.55. The van der Waals surface area contributed by atoms with Gasteiger partial charge in [0.1, 0.15) is 0 Å². The molecule has 1 amide bonds. The van der Waals surface area contributed by atoms with E-state index >= 15 is 0 Å². The molecule has 1 aliphatic rings. The minimum atomic E-state index is -3.26. The van der Waals surface area contributed by atoms with Crippen LogP contribution in [0.25, 0.3) is 0 Å². The van der Waals surface area contributed by atoms with Crippen molar-refractivity contribution in [3.05, 3.63) is 35.4 Å². The fourth-order valence-electron chi connectivity index (χ4n) is 2.74. The van der Waals surface area contributed by atoms with Gasteiger partial charge in [0, 0.05) is 31.8 Å². The van der Waals surface area contributed by atoms with E-state index < -0.39 is 10.0 Å². The number of benzene rings is 1. The van der Waals surface area contributed by atoms with Gasteiger partial charge in [-0.05, 0) is 24.5 Å². The second-order valence-corrected chi connectivity index (χ2v) is 7.35. The molecular formula is C15H22N2O4S. The van der Waals surface area contributed by atoms with Crippen LogP contribution in [-0.4, -0.2) is 51.7 Å². The first kappa shape index (κ1) is 16.9. The number of amides is 1. The van der Waals surface area contributed by atoms with Gasteiger partial charge in [-0.1, -0.05) is 18.2 Å². The molecule has 1 aliphatic heterocycles. The first-order valence-corrected chi connectivity index (χ1v) is 9.13. The molecule has 122 valence electrons. The van der Waals surface area contributed by atoms with Crippen LogP contribution in [0.4, 0.5) is 0 Å². The van der Waals surface area contributed by atoms with Crippen molar-refractivity contribution in [3.63, 3.8) is 0 Å². The van der Waals surface area contributed by atoms with Gasteiger partial charge in [0.2, 0.25) is 10.0 Å². The van der Waals surface area contributed by atoms with Crippen LogP contribution in [0, 0.1) is 0 Å². The Bertz CT molecular complexity index is 630. The minimum Gasteiger partial charge on any atom is -0.380 e. The third kappa shape index (κ3) is 4.53. The number of carbonyl (C=O) groups excluding carboxylic acids is 1. The van der Waals surface area contributed by atoms with Gasteiger partial charge in [-0.25, -0.2) is 13.1 Å².